The molecule has 156 valence electrons. The van der Waals surface area contributed by atoms with Gasteiger partial charge in [0.15, 0.2) is 5.16 Å². The molecule has 4 aromatic rings. The Balaban J connectivity index is 1.68. The Kier molecular flexibility index (Phi) is 6.32. The fourth-order valence-electron chi connectivity index (χ4n) is 3.02. The van der Waals surface area contributed by atoms with Gasteiger partial charge in [-0.15, -0.1) is 0 Å². The molecule has 0 bridgehead atoms. The second-order valence-corrected chi connectivity index (χ2v) is 8.62. The maximum atomic E-state index is 13.3. The van der Waals surface area contributed by atoms with Crippen LogP contribution in [-0.4, -0.2) is 21.2 Å². The number of benzene rings is 3. The van der Waals surface area contributed by atoms with Gasteiger partial charge in [-0.2, -0.15) is 0 Å². The summed E-state index contributed by atoms with van der Waals surface area (Å²) < 4.78 is 1.49. The second kappa shape index (κ2) is 9.14. The molecule has 0 radical (unpaired) electrons. The highest BCUT2D eigenvalue weighted by molar-refractivity contribution is 7.99. The Hall–Kier alpha value is -2.80. The molecular formula is C23H17Cl2N3O2S. The van der Waals surface area contributed by atoms with Crippen LogP contribution < -0.4 is 10.9 Å². The minimum absolute atomic E-state index is 0.0764. The highest BCUT2D eigenvalue weighted by Gasteiger charge is 2.15. The molecule has 1 aromatic heterocycles. The summed E-state index contributed by atoms with van der Waals surface area (Å²) in [6, 6.07) is 19.4. The number of rotatable bonds is 5. The fourth-order valence-corrected chi connectivity index (χ4v) is 4.13. The zero-order valence-electron chi connectivity index (χ0n) is 16.4. The van der Waals surface area contributed by atoms with E-state index in [0.717, 1.165) is 5.56 Å². The molecule has 31 heavy (non-hydrogen) atoms. The molecule has 4 rings (SSSR count). The van der Waals surface area contributed by atoms with E-state index in [1.54, 1.807) is 48.5 Å². The standard InChI is InChI=1S/C23H17Cl2N3O2S/c1-14-6-11-17(12-19(14)25)28-22(30)18-4-2-3-5-20(18)27-23(28)31-13-21(29)26-16-9-7-15(24)8-10-16/h2-12H,13H2,1H3,(H,26,29). The van der Waals surface area contributed by atoms with Gasteiger partial charge < -0.3 is 5.32 Å². The van der Waals surface area contributed by atoms with Crippen molar-refractivity contribution >= 4 is 57.5 Å². The van der Waals surface area contributed by atoms with Crippen LogP contribution in [0.5, 0.6) is 0 Å². The van der Waals surface area contributed by atoms with E-state index in [-0.39, 0.29) is 17.2 Å². The molecule has 0 aliphatic carbocycles. The zero-order chi connectivity index (χ0) is 22.0. The Morgan fingerprint density at radius 3 is 2.55 bits per heavy atom. The molecule has 0 aliphatic rings. The van der Waals surface area contributed by atoms with Crippen LogP contribution in [0.15, 0.2) is 76.7 Å². The van der Waals surface area contributed by atoms with Crippen molar-refractivity contribution in [2.75, 3.05) is 11.1 Å². The van der Waals surface area contributed by atoms with Gasteiger partial charge in [-0.05, 0) is 61.0 Å². The lowest BCUT2D eigenvalue weighted by Gasteiger charge is -2.14. The number of halogens is 2. The molecular weight excluding hydrogens is 453 g/mol. The lowest BCUT2D eigenvalue weighted by molar-refractivity contribution is -0.113. The number of carbonyl (C=O) groups is 1. The normalized spacial score (nSPS) is 10.9. The largest absolute Gasteiger partial charge is 0.325 e. The Bertz CT molecular complexity index is 1340. The second-order valence-electron chi connectivity index (χ2n) is 6.83. The molecule has 0 aliphatic heterocycles. The van der Waals surface area contributed by atoms with Gasteiger partial charge in [-0.1, -0.05) is 53.2 Å². The summed E-state index contributed by atoms with van der Waals surface area (Å²) in [6.07, 6.45) is 0. The summed E-state index contributed by atoms with van der Waals surface area (Å²) in [6.45, 7) is 1.89. The maximum Gasteiger partial charge on any atom is 0.266 e. The Morgan fingerprint density at radius 1 is 1.06 bits per heavy atom. The summed E-state index contributed by atoms with van der Waals surface area (Å²) in [4.78, 5) is 30.4. The molecule has 0 unspecified atom stereocenters. The molecule has 5 nitrogen and oxygen atoms in total. The topological polar surface area (TPSA) is 64.0 Å². The average Bonchev–Trinajstić information content (AvgIpc) is 2.76. The van der Waals surface area contributed by atoms with Gasteiger partial charge in [0, 0.05) is 15.7 Å². The van der Waals surface area contributed by atoms with E-state index in [2.05, 4.69) is 10.3 Å². The lowest BCUT2D eigenvalue weighted by atomic mass is 10.2. The zero-order valence-corrected chi connectivity index (χ0v) is 18.8. The number of carbonyl (C=O) groups excluding carboxylic acids is 1. The van der Waals surface area contributed by atoms with E-state index < -0.39 is 0 Å². The quantitative estimate of drug-likeness (QED) is 0.299. The van der Waals surface area contributed by atoms with E-state index in [1.165, 1.54) is 16.3 Å². The Morgan fingerprint density at radius 2 is 1.81 bits per heavy atom. The molecule has 1 heterocycles. The third kappa shape index (κ3) is 4.77. The van der Waals surface area contributed by atoms with E-state index in [0.29, 0.717) is 37.5 Å². The van der Waals surface area contributed by atoms with Crippen molar-refractivity contribution in [1.29, 1.82) is 0 Å². The maximum absolute atomic E-state index is 13.3. The molecule has 8 heteroatoms. The number of nitrogens with one attached hydrogen (secondary N) is 1. The van der Waals surface area contributed by atoms with Crippen LogP contribution in [0, 0.1) is 6.92 Å². The van der Waals surface area contributed by atoms with Crippen molar-refractivity contribution in [3.8, 4) is 5.69 Å². The van der Waals surface area contributed by atoms with Crippen LogP contribution in [-0.2, 0) is 4.79 Å². The van der Waals surface area contributed by atoms with E-state index in [9.17, 15) is 9.59 Å². The van der Waals surface area contributed by atoms with E-state index in [4.69, 9.17) is 23.2 Å². The third-order valence-electron chi connectivity index (χ3n) is 4.62. The predicted octanol–water partition coefficient (Wildman–Crippen LogP) is 5.73. The monoisotopic (exact) mass is 469 g/mol. The van der Waals surface area contributed by atoms with Crippen molar-refractivity contribution < 1.29 is 4.79 Å². The molecule has 0 spiro atoms. The fraction of sp³-hybridized carbons (Fsp3) is 0.0870. The average molecular weight is 470 g/mol. The van der Waals surface area contributed by atoms with Gasteiger partial charge in [0.05, 0.1) is 22.3 Å². The van der Waals surface area contributed by atoms with Crippen molar-refractivity contribution in [2.45, 2.75) is 12.1 Å². The molecule has 1 N–H and O–H groups in total. The number of amides is 1. The summed E-state index contributed by atoms with van der Waals surface area (Å²) in [5, 5.41) is 4.86. The summed E-state index contributed by atoms with van der Waals surface area (Å²) in [5.74, 6) is -0.143. The van der Waals surface area contributed by atoms with Crippen LogP contribution in [0.2, 0.25) is 10.0 Å². The van der Waals surface area contributed by atoms with Crippen LogP contribution in [0.3, 0.4) is 0 Å². The van der Waals surface area contributed by atoms with Crippen molar-refractivity contribution in [3.63, 3.8) is 0 Å². The van der Waals surface area contributed by atoms with Crippen LogP contribution >= 0.6 is 35.0 Å². The van der Waals surface area contributed by atoms with Gasteiger partial charge in [-0.25, -0.2) is 4.98 Å². The minimum Gasteiger partial charge on any atom is -0.325 e. The van der Waals surface area contributed by atoms with Crippen LogP contribution in [0.25, 0.3) is 16.6 Å². The van der Waals surface area contributed by atoms with Gasteiger partial charge >= 0.3 is 0 Å². The summed E-state index contributed by atoms with van der Waals surface area (Å²) in [5.41, 5.74) is 2.50. The predicted molar refractivity (Wildman–Crippen MR) is 128 cm³/mol. The number of nitrogens with zero attached hydrogens (tertiary/aromatic N) is 2. The lowest BCUT2D eigenvalue weighted by Crippen LogP contribution is -2.23. The first-order chi connectivity index (χ1) is 14.9. The molecule has 0 atom stereocenters. The number of hydrogen-bond acceptors (Lipinski definition) is 4. The number of fused-ring (bicyclic) bond motifs is 1. The van der Waals surface area contributed by atoms with Gasteiger partial charge in [0.1, 0.15) is 0 Å². The molecule has 0 saturated heterocycles. The first kappa shape index (κ1) is 21.4. The van der Waals surface area contributed by atoms with Crippen LogP contribution in [0.4, 0.5) is 5.69 Å². The van der Waals surface area contributed by atoms with Crippen molar-refractivity contribution in [3.05, 3.63) is 92.7 Å². The minimum atomic E-state index is -0.219. The highest BCUT2D eigenvalue weighted by Crippen LogP contribution is 2.25. The first-order valence-electron chi connectivity index (χ1n) is 9.39. The van der Waals surface area contributed by atoms with Crippen molar-refractivity contribution in [1.82, 2.24) is 9.55 Å². The van der Waals surface area contributed by atoms with E-state index >= 15 is 0 Å². The number of anilines is 1. The number of aromatic nitrogens is 2. The molecule has 3 aromatic carbocycles. The SMILES string of the molecule is Cc1ccc(-n2c(SCC(=O)Nc3ccc(Cl)cc3)nc3ccccc3c2=O)cc1Cl. The van der Waals surface area contributed by atoms with Crippen LogP contribution in [0.1, 0.15) is 5.56 Å². The molecule has 1 amide bonds. The smallest absolute Gasteiger partial charge is 0.266 e. The van der Waals surface area contributed by atoms with E-state index in [1.807, 2.05) is 25.1 Å². The molecule has 0 saturated carbocycles. The Labute approximate surface area is 193 Å². The summed E-state index contributed by atoms with van der Waals surface area (Å²) >= 11 is 13.4. The van der Waals surface area contributed by atoms with Gasteiger partial charge in [0.25, 0.3) is 5.56 Å². The number of thioether (sulfide) groups is 1. The summed E-state index contributed by atoms with van der Waals surface area (Å²) in [7, 11) is 0. The van der Waals surface area contributed by atoms with Gasteiger partial charge in [0.2, 0.25) is 5.91 Å². The van der Waals surface area contributed by atoms with Crippen molar-refractivity contribution in [2.24, 2.45) is 0 Å². The third-order valence-corrected chi connectivity index (χ3v) is 6.22. The first-order valence-corrected chi connectivity index (χ1v) is 11.1. The molecule has 0 fully saturated rings. The highest BCUT2D eigenvalue weighted by atomic mass is 35.5. The number of para-hydroxylation sites is 1. The number of hydrogen-bond donors (Lipinski definition) is 1. The van der Waals surface area contributed by atoms with Gasteiger partial charge in [-0.3, -0.25) is 14.2 Å². The number of aryl methyl sites for hydroxylation is 1.